The molecule has 2 aromatic carbocycles. The van der Waals surface area contributed by atoms with Crippen LogP contribution in [0.1, 0.15) is 25.7 Å². The van der Waals surface area contributed by atoms with Gasteiger partial charge in [0.15, 0.2) is 0 Å². The lowest BCUT2D eigenvalue weighted by Gasteiger charge is -2.31. The van der Waals surface area contributed by atoms with E-state index in [1.54, 1.807) is 67.1 Å². The third kappa shape index (κ3) is 5.52. The molecule has 162 valence electrons. The molecule has 1 heterocycles. The molecule has 2 aromatic rings. The highest BCUT2D eigenvalue weighted by Crippen LogP contribution is 2.28. The van der Waals surface area contributed by atoms with Crippen LogP contribution in [0, 0.1) is 5.92 Å². The third-order valence-corrected chi connectivity index (χ3v) is 7.28. The summed E-state index contributed by atoms with van der Waals surface area (Å²) in [5, 5.41) is 2.88. The average Bonchev–Trinajstić information content (AvgIpc) is 2.78. The first-order chi connectivity index (χ1) is 14.4. The summed E-state index contributed by atoms with van der Waals surface area (Å²) >= 11 is 0. The molecule has 0 saturated carbocycles. The Hall–Kier alpha value is -2.58. The van der Waals surface area contributed by atoms with Gasteiger partial charge in [-0.25, -0.2) is 8.42 Å². The number of nitrogens with zero attached hydrogens (tertiary/aromatic N) is 1. The fraction of sp³-hybridized carbons (Fsp3) is 0.409. The number of sulfonamides is 1. The van der Waals surface area contributed by atoms with Crippen LogP contribution in [0.25, 0.3) is 0 Å². The fourth-order valence-electron chi connectivity index (χ4n) is 3.62. The zero-order chi connectivity index (χ0) is 21.6. The van der Waals surface area contributed by atoms with Gasteiger partial charge in [0.1, 0.15) is 11.5 Å². The number of piperidine rings is 1. The molecular weight excluding hydrogens is 404 g/mol. The maximum atomic E-state index is 12.7. The Morgan fingerprint density at radius 1 is 1.03 bits per heavy atom. The molecule has 7 nitrogen and oxygen atoms in total. The molecule has 1 aliphatic rings. The van der Waals surface area contributed by atoms with E-state index in [1.807, 2.05) is 0 Å². The molecule has 1 saturated heterocycles. The minimum absolute atomic E-state index is 0.0790. The van der Waals surface area contributed by atoms with E-state index in [1.165, 1.54) is 0 Å². The molecule has 8 heteroatoms. The van der Waals surface area contributed by atoms with Gasteiger partial charge >= 0.3 is 0 Å². The molecule has 0 aromatic heterocycles. The zero-order valence-electron chi connectivity index (χ0n) is 17.3. The Bertz CT molecular complexity index is 932. The van der Waals surface area contributed by atoms with E-state index in [9.17, 15) is 13.2 Å². The number of rotatable bonds is 8. The van der Waals surface area contributed by atoms with E-state index in [-0.39, 0.29) is 5.91 Å². The van der Waals surface area contributed by atoms with Crippen LogP contribution in [0.15, 0.2) is 53.4 Å². The van der Waals surface area contributed by atoms with Crippen molar-refractivity contribution in [3.8, 4) is 11.5 Å². The Balaban J connectivity index is 1.48. The number of methoxy groups -OCH3 is 2. The Labute approximate surface area is 178 Å². The van der Waals surface area contributed by atoms with Gasteiger partial charge in [-0.1, -0.05) is 18.2 Å². The quantitative estimate of drug-likeness (QED) is 0.690. The maximum absolute atomic E-state index is 12.7. The van der Waals surface area contributed by atoms with Crippen LogP contribution < -0.4 is 14.8 Å². The van der Waals surface area contributed by atoms with E-state index >= 15 is 0 Å². The number of hydrogen-bond acceptors (Lipinski definition) is 5. The molecular formula is C22H28N2O5S. The summed E-state index contributed by atoms with van der Waals surface area (Å²) < 4.78 is 37.4. The molecule has 3 rings (SSSR count). The van der Waals surface area contributed by atoms with Crippen molar-refractivity contribution in [2.24, 2.45) is 5.92 Å². The molecule has 0 unspecified atom stereocenters. The number of amides is 1. The smallest absolute Gasteiger partial charge is 0.243 e. The second-order valence-corrected chi connectivity index (χ2v) is 9.29. The molecule has 1 N–H and O–H groups in total. The van der Waals surface area contributed by atoms with Crippen LogP contribution in [0.4, 0.5) is 5.69 Å². The molecule has 1 aliphatic heterocycles. The maximum Gasteiger partial charge on any atom is 0.243 e. The number of hydrogen-bond donors (Lipinski definition) is 1. The molecule has 30 heavy (non-hydrogen) atoms. The van der Waals surface area contributed by atoms with Crippen molar-refractivity contribution in [1.29, 1.82) is 0 Å². The van der Waals surface area contributed by atoms with Crippen molar-refractivity contribution in [3.05, 3.63) is 48.5 Å². The van der Waals surface area contributed by atoms with Crippen LogP contribution in [-0.2, 0) is 14.8 Å². The number of anilines is 1. The highest BCUT2D eigenvalue weighted by molar-refractivity contribution is 7.89. The average molecular weight is 433 g/mol. The third-order valence-electron chi connectivity index (χ3n) is 5.37. The summed E-state index contributed by atoms with van der Waals surface area (Å²) in [6.07, 6.45) is 2.63. The number of carbonyl (C=O) groups is 1. The Morgan fingerprint density at radius 3 is 2.20 bits per heavy atom. The highest BCUT2D eigenvalue weighted by atomic mass is 32.2. The number of carbonyl (C=O) groups excluding carboxylic acids is 1. The van der Waals surface area contributed by atoms with Crippen molar-refractivity contribution in [3.63, 3.8) is 0 Å². The Kier molecular flexibility index (Phi) is 7.33. The summed E-state index contributed by atoms with van der Waals surface area (Å²) in [4.78, 5) is 12.7. The lowest BCUT2D eigenvalue weighted by atomic mass is 9.93. The first kappa shape index (κ1) is 22.1. The topological polar surface area (TPSA) is 84.9 Å². The van der Waals surface area contributed by atoms with Crippen molar-refractivity contribution in [2.45, 2.75) is 30.6 Å². The molecule has 0 aliphatic carbocycles. The first-order valence-corrected chi connectivity index (χ1v) is 11.4. The predicted molar refractivity (Wildman–Crippen MR) is 115 cm³/mol. The molecule has 0 atom stereocenters. The minimum Gasteiger partial charge on any atom is -0.497 e. The highest BCUT2D eigenvalue weighted by Gasteiger charge is 2.29. The largest absolute Gasteiger partial charge is 0.497 e. The number of nitrogens with one attached hydrogen (secondary N) is 1. The standard InChI is InChI=1S/C22H28N2O5S/c1-28-19-14-18(15-20(16-19)29-2)23-22(25)9-8-17-10-12-24(13-11-17)30(26,27)21-6-4-3-5-7-21/h3-7,14-17H,8-13H2,1-2H3,(H,23,25). The van der Waals surface area contributed by atoms with Crippen molar-refractivity contribution < 1.29 is 22.7 Å². The van der Waals surface area contributed by atoms with Gasteiger partial charge in [0.2, 0.25) is 15.9 Å². The lowest BCUT2D eigenvalue weighted by molar-refractivity contribution is -0.116. The normalized spacial score (nSPS) is 15.5. The monoisotopic (exact) mass is 432 g/mol. The van der Waals surface area contributed by atoms with Gasteiger partial charge in [0, 0.05) is 43.4 Å². The second-order valence-electron chi connectivity index (χ2n) is 7.35. The van der Waals surface area contributed by atoms with E-state index in [4.69, 9.17) is 9.47 Å². The fourth-order valence-corrected chi connectivity index (χ4v) is 5.11. The molecule has 0 radical (unpaired) electrons. The van der Waals surface area contributed by atoms with Crippen LogP contribution in [-0.4, -0.2) is 45.9 Å². The van der Waals surface area contributed by atoms with E-state index in [2.05, 4.69) is 5.32 Å². The number of benzene rings is 2. The second kappa shape index (κ2) is 9.95. The minimum atomic E-state index is -3.44. The van der Waals surface area contributed by atoms with E-state index in [0.29, 0.717) is 47.5 Å². The summed E-state index contributed by atoms with van der Waals surface area (Å²) in [7, 11) is -0.320. The van der Waals surface area contributed by atoms with Gasteiger partial charge in [-0.15, -0.1) is 0 Å². The van der Waals surface area contributed by atoms with Crippen LogP contribution >= 0.6 is 0 Å². The molecule has 0 bridgehead atoms. The zero-order valence-corrected chi connectivity index (χ0v) is 18.2. The Morgan fingerprint density at radius 2 is 1.63 bits per heavy atom. The van der Waals surface area contributed by atoms with Gasteiger partial charge in [0.25, 0.3) is 0 Å². The molecule has 1 amide bonds. The van der Waals surface area contributed by atoms with Gasteiger partial charge in [-0.05, 0) is 37.3 Å². The SMILES string of the molecule is COc1cc(NC(=O)CCC2CCN(S(=O)(=O)c3ccccc3)CC2)cc(OC)c1. The first-order valence-electron chi connectivity index (χ1n) is 10.0. The van der Waals surface area contributed by atoms with Crippen LogP contribution in [0.3, 0.4) is 0 Å². The van der Waals surface area contributed by atoms with Gasteiger partial charge < -0.3 is 14.8 Å². The predicted octanol–water partition coefficient (Wildman–Crippen LogP) is 3.52. The molecule has 0 spiro atoms. The molecule has 1 fully saturated rings. The summed E-state index contributed by atoms with van der Waals surface area (Å²) in [6, 6.07) is 13.7. The van der Waals surface area contributed by atoms with Crippen LogP contribution in [0.2, 0.25) is 0 Å². The van der Waals surface area contributed by atoms with Gasteiger partial charge in [-0.3, -0.25) is 4.79 Å². The summed E-state index contributed by atoms with van der Waals surface area (Å²) in [5.74, 6) is 1.47. The van der Waals surface area contributed by atoms with Gasteiger partial charge in [0.05, 0.1) is 19.1 Å². The van der Waals surface area contributed by atoms with E-state index < -0.39 is 10.0 Å². The number of ether oxygens (including phenoxy) is 2. The van der Waals surface area contributed by atoms with E-state index in [0.717, 1.165) is 19.3 Å². The van der Waals surface area contributed by atoms with Crippen molar-refractivity contribution in [1.82, 2.24) is 4.31 Å². The summed E-state index contributed by atoms with van der Waals surface area (Å²) in [6.45, 7) is 0.965. The van der Waals surface area contributed by atoms with Crippen LogP contribution in [0.5, 0.6) is 11.5 Å². The van der Waals surface area contributed by atoms with Crippen molar-refractivity contribution in [2.75, 3.05) is 32.6 Å². The lowest BCUT2D eigenvalue weighted by Crippen LogP contribution is -2.38. The summed E-state index contributed by atoms with van der Waals surface area (Å²) in [5.41, 5.74) is 0.625. The van der Waals surface area contributed by atoms with Gasteiger partial charge in [-0.2, -0.15) is 4.31 Å². The van der Waals surface area contributed by atoms with Crippen molar-refractivity contribution >= 4 is 21.6 Å².